The second-order valence-corrected chi connectivity index (χ2v) is 6.12. The molecule has 31 heavy (non-hydrogen) atoms. The van der Waals surface area contributed by atoms with E-state index < -0.39 is 22.6 Å². The molecular formula is C20H14F3N3O5. The number of carbonyl (C=O) groups is 1. The molecule has 3 aromatic rings. The van der Waals surface area contributed by atoms with Gasteiger partial charge in [-0.3, -0.25) is 14.9 Å². The van der Waals surface area contributed by atoms with Crippen LogP contribution in [0.5, 0.6) is 5.75 Å². The number of furan rings is 1. The van der Waals surface area contributed by atoms with Crippen LogP contribution in [0.15, 0.2) is 64.1 Å². The highest BCUT2D eigenvalue weighted by atomic mass is 19.4. The summed E-state index contributed by atoms with van der Waals surface area (Å²) in [4.78, 5) is 22.3. The number of nitro benzene ring substituents is 1. The molecule has 0 aliphatic heterocycles. The lowest BCUT2D eigenvalue weighted by molar-refractivity contribution is -0.384. The Labute approximate surface area is 173 Å². The summed E-state index contributed by atoms with van der Waals surface area (Å²) in [5, 5.41) is 14.6. The molecule has 3 rings (SSSR count). The molecule has 0 saturated heterocycles. The minimum atomic E-state index is -4.57. The third kappa shape index (κ3) is 5.07. The number of nitro groups is 1. The number of amides is 1. The monoisotopic (exact) mass is 433 g/mol. The summed E-state index contributed by atoms with van der Waals surface area (Å²) < 4.78 is 49.0. The minimum absolute atomic E-state index is 0.147. The highest BCUT2D eigenvalue weighted by Crippen LogP contribution is 2.34. The summed E-state index contributed by atoms with van der Waals surface area (Å²) in [7, 11) is 1.36. The predicted molar refractivity (Wildman–Crippen MR) is 104 cm³/mol. The number of hydrogen-bond donors (Lipinski definition) is 1. The zero-order chi connectivity index (χ0) is 22.6. The summed E-state index contributed by atoms with van der Waals surface area (Å²) in [6.07, 6.45) is -3.41. The zero-order valence-electron chi connectivity index (χ0n) is 15.8. The molecule has 0 aliphatic rings. The Morgan fingerprint density at radius 1 is 1.19 bits per heavy atom. The van der Waals surface area contributed by atoms with Crippen molar-refractivity contribution in [2.24, 2.45) is 5.10 Å². The molecule has 1 heterocycles. The highest BCUT2D eigenvalue weighted by molar-refractivity contribution is 5.95. The SMILES string of the molecule is COc1cc([N+](=O)[O-])ccc1-c1ccc(/C=N/NC(=O)c2cccc(C(F)(F)F)c2)o1. The molecule has 0 fully saturated rings. The van der Waals surface area contributed by atoms with E-state index in [-0.39, 0.29) is 22.8 Å². The fraction of sp³-hybridized carbons (Fsp3) is 0.100. The number of nitrogens with one attached hydrogen (secondary N) is 1. The fourth-order valence-electron chi connectivity index (χ4n) is 2.62. The Balaban J connectivity index is 1.72. The molecule has 0 radical (unpaired) electrons. The number of halogens is 3. The van der Waals surface area contributed by atoms with Crippen molar-refractivity contribution in [2.75, 3.05) is 7.11 Å². The molecule has 11 heteroatoms. The molecule has 160 valence electrons. The van der Waals surface area contributed by atoms with Crippen LogP contribution >= 0.6 is 0 Å². The number of carbonyl (C=O) groups excluding carboxylic acids is 1. The van der Waals surface area contributed by atoms with Crippen molar-refractivity contribution in [3.05, 3.63) is 81.6 Å². The molecular weight excluding hydrogens is 419 g/mol. The van der Waals surface area contributed by atoms with Gasteiger partial charge in [0, 0.05) is 11.6 Å². The summed E-state index contributed by atoms with van der Waals surface area (Å²) in [5.74, 6) is -0.0480. The molecule has 0 bridgehead atoms. The van der Waals surface area contributed by atoms with Crippen molar-refractivity contribution in [1.82, 2.24) is 5.43 Å². The molecule has 0 spiro atoms. The molecule has 1 N–H and O–H groups in total. The zero-order valence-corrected chi connectivity index (χ0v) is 15.8. The van der Waals surface area contributed by atoms with Crippen molar-refractivity contribution in [2.45, 2.75) is 6.18 Å². The number of methoxy groups -OCH3 is 1. The molecule has 0 aliphatic carbocycles. The molecule has 2 aromatic carbocycles. The van der Waals surface area contributed by atoms with Gasteiger partial charge in [-0.05, 0) is 36.4 Å². The van der Waals surface area contributed by atoms with Crippen molar-refractivity contribution in [3.8, 4) is 17.1 Å². The lowest BCUT2D eigenvalue weighted by Gasteiger charge is -2.07. The maximum atomic E-state index is 12.7. The normalized spacial score (nSPS) is 11.5. The van der Waals surface area contributed by atoms with Gasteiger partial charge in [-0.1, -0.05) is 6.07 Å². The topological polar surface area (TPSA) is 107 Å². The van der Waals surface area contributed by atoms with Crippen LogP contribution in [0.3, 0.4) is 0 Å². The Bertz CT molecular complexity index is 1150. The average molecular weight is 433 g/mol. The van der Waals surface area contributed by atoms with Gasteiger partial charge >= 0.3 is 6.18 Å². The number of benzene rings is 2. The third-order valence-electron chi connectivity index (χ3n) is 4.10. The van der Waals surface area contributed by atoms with E-state index in [1.807, 2.05) is 0 Å². The lowest BCUT2D eigenvalue weighted by atomic mass is 10.1. The van der Waals surface area contributed by atoms with Gasteiger partial charge in [0.15, 0.2) is 0 Å². The van der Waals surface area contributed by atoms with Crippen molar-refractivity contribution < 1.29 is 32.0 Å². The quantitative estimate of drug-likeness (QED) is 0.346. The Kier molecular flexibility index (Phi) is 6.05. The van der Waals surface area contributed by atoms with E-state index in [0.717, 1.165) is 24.4 Å². The molecule has 0 saturated carbocycles. The third-order valence-corrected chi connectivity index (χ3v) is 4.10. The molecule has 1 amide bonds. The number of rotatable bonds is 6. The Morgan fingerprint density at radius 3 is 2.65 bits per heavy atom. The van der Waals surface area contributed by atoms with Crippen LogP contribution in [0, 0.1) is 10.1 Å². The van der Waals surface area contributed by atoms with Gasteiger partial charge in [0.2, 0.25) is 0 Å². The van der Waals surface area contributed by atoms with Gasteiger partial charge in [0.1, 0.15) is 17.3 Å². The first kappa shape index (κ1) is 21.6. The van der Waals surface area contributed by atoms with Crippen LogP contribution in [0.25, 0.3) is 11.3 Å². The van der Waals surface area contributed by atoms with Gasteiger partial charge in [0.25, 0.3) is 11.6 Å². The van der Waals surface area contributed by atoms with Crippen LogP contribution in [-0.2, 0) is 6.18 Å². The Hall–Kier alpha value is -4.15. The van der Waals surface area contributed by atoms with E-state index in [2.05, 4.69) is 10.5 Å². The van der Waals surface area contributed by atoms with Crippen LogP contribution < -0.4 is 10.2 Å². The smallest absolute Gasteiger partial charge is 0.416 e. The summed E-state index contributed by atoms with van der Waals surface area (Å²) in [5.41, 5.74) is 1.28. The summed E-state index contributed by atoms with van der Waals surface area (Å²) >= 11 is 0. The fourth-order valence-corrected chi connectivity index (χ4v) is 2.62. The van der Waals surface area contributed by atoms with Crippen LogP contribution in [0.2, 0.25) is 0 Å². The number of hydrogen-bond acceptors (Lipinski definition) is 6. The largest absolute Gasteiger partial charge is 0.496 e. The van der Waals surface area contributed by atoms with Crippen LogP contribution in [0.4, 0.5) is 18.9 Å². The molecule has 8 nitrogen and oxygen atoms in total. The van der Waals surface area contributed by atoms with E-state index in [1.54, 1.807) is 6.07 Å². The number of hydrazone groups is 1. The van der Waals surface area contributed by atoms with Gasteiger partial charge in [-0.2, -0.15) is 18.3 Å². The number of alkyl halides is 3. The second-order valence-electron chi connectivity index (χ2n) is 6.12. The first-order valence-electron chi connectivity index (χ1n) is 8.62. The predicted octanol–water partition coefficient (Wildman–Crippen LogP) is 4.65. The van der Waals surface area contributed by atoms with Crippen LogP contribution in [0.1, 0.15) is 21.7 Å². The van der Waals surface area contributed by atoms with E-state index in [9.17, 15) is 28.1 Å². The van der Waals surface area contributed by atoms with Crippen LogP contribution in [-0.4, -0.2) is 24.2 Å². The van der Waals surface area contributed by atoms with Gasteiger partial charge in [-0.15, -0.1) is 0 Å². The highest BCUT2D eigenvalue weighted by Gasteiger charge is 2.30. The molecule has 0 atom stereocenters. The van der Waals surface area contributed by atoms with Gasteiger partial charge in [0.05, 0.1) is 35.4 Å². The van der Waals surface area contributed by atoms with Crippen molar-refractivity contribution in [3.63, 3.8) is 0 Å². The van der Waals surface area contributed by atoms with Crippen molar-refractivity contribution in [1.29, 1.82) is 0 Å². The molecule has 0 unspecified atom stereocenters. The van der Waals surface area contributed by atoms with E-state index >= 15 is 0 Å². The van der Waals surface area contributed by atoms with Crippen molar-refractivity contribution >= 4 is 17.8 Å². The minimum Gasteiger partial charge on any atom is -0.496 e. The Morgan fingerprint density at radius 2 is 1.97 bits per heavy atom. The van der Waals surface area contributed by atoms with Gasteiger partial charge in [-0.25, -0.2) is 5.43 Å². The maximum absolute atomic E-state index is 12.7. The first-order chi connectivity index (χ1) is 14.7. The molecule has 1 aromatic heterocycles. The first-order valence-corrected chi connectivity index (χ1v) is 8.62. The van der Waals surface area contributed by atoms with E-state index in [0.29, 0.717) is 11.3 Å². The second kappa shape index (κ2) is 8.69. The summed E-state index contributed by atoms with van der Waals surface area (Å²) in [6, 6.07) is 11.0. The standard InChI is InChI=1S/C20H14F3N3O5/c1-30-18-10-14(26(28)29)5-7-16(18)17-8-6-15(31-17)11-24-25-19(27)12-3-2-4-13(9-12)20(21,22)23/h2-11H,1H3,(H,25,27)/b24-11+. The average Bonchev–Trinajstić information content (AvgIpc) is 3.21. The number of nitrogens with zero attached hydrogens (tertiary/aromatic N) is 2. The number of ether oxygens (including phenoxy) is 1. The number of non-ortho nitro benzene ring substituents is 1. The van der Waals surface area contributed by atoms with Gasteiger partial charge < -0.3 is 9.15 Å². The van der Waals surface area contributed by atoms with E-state index in [1.165, 1.54) is 37.4 Å². The summed E-state index contributed by atoms with van der Waals surface area (Å²) in [6.45, 7) is 0. The maximum Gasteiger partial charge on any atom is 0.416 e. The van der Waals surface area contributed by atoms with E-state index in [4.69, 9.17) is 9.15 Å². The lowest BCUT2D eigenvalue weighted by Crippen LogP contribution is -2.18.